The molecule has 0 heterocycles. The maximum absolute atomic E-state index is 11.1. The van der Waals surface area contributed by atoms with Crippen LogP contribution in [0.4, 0.5) is 0 Å². The third kappa shape index (κ3) is 4.10. The Morgan fingerprint density at radius 1 is 1.37 bits per heavy atom. The molecular weight excluding hydrogens is 244 g/mol. The van der Waals surface area contributed by atoms with Gasteiger partial charge in [0.25, 0.3) is 0 Å². The summed E-state index contributed by atoms with van der Waals surface area (Å²) in [6.07, 6.45) is 2.38. The van der Waals surface area contributed by atoms with Crippen molar-refractivity contribution in [2.45, 2.75) is 25.9 Å². The van der Waals surface area contributed by atoms with Gasteiger partial charge in [-0.05, 0) is 31.0 Å². The molecule has 1 aromatic rings. The van der Waals surface area contributed by atoms with Crippen LogP contribution in [0, 0.1) is 6.92 Å². The molecule has 0 aliphatic rings. The van der Waals surface area contributed by atoms with E-state index in [1.165, 1.54) is 13.2 Å². The van der Waals surface area contributed by atoms with Crippen molar-refractivity contribution >= 4 is 5.97 Å². The van der Waals surface area contributed by atoms with Gasteiger partial charge in [0.1, 0.15) is 5.75 Å². The van der Waals surface area contributed by atoms with Crippen LogP contribution in [0.25, 0.3) is 0 Å². The number of hydrogen-bond donors (Lipinski definition) is 1. The van der Waals surface area contributed by atoms with Gasteiger partial charge in [0.15, 0.2) is 0 Å². The number of hydrogen-bond acceptors (Lipinski definition) is 4. The molecule has 0 fully saturated rings. The minimum absolute atomic E-state index is 0.260. The van der Waals surface area contributed by atoms with E-state index in [9.17, 15) is 9.90 Å². The van der Waals surface area contributed by atoms with Gasteiger partial charge in [-0.15, -0.1) is 0 Å². The van der Waals surface area contributed by atoms with E-state index in [0.717, 1.165) is 16.9 Å². The second-order valence-corrected chi connectivity index (χ2v) is 4.38. The molecule has 4 heteroatoms. The van der Waals surface area contributed by atoms with Gasteiger partial charge in [0, 0.05) is 12.0 Å². The normalized spacial score (nSPS) is 14.2. The van der Waals surface area contributed by atoms with E-state index in [-0.39, 0.29) is 5.92 Å². The Morgan fingerprint density at radius 3 is 2.53 bits per heavy atom. The lowest BCUT2D eigenvalue weighted by Gasteiger charge is -2.18. The third-order valence-electron chi connectivity index (χ3n) is 2.96. The minimum Gasteiger partial charge on any atom is -0.496 e. The Balaban J connectivity index is 3.03. The van der Waals surface area contributed by atoms with E-state index >= 15 is 0 Å². The van der Waals surface area contributed by atoms with Crippen LogP contribution in [0.5, 0.6) is 5.75 Å². The SMILES string of the molecule is COC(=O)/C=C/[C@H](c1ccc(OC)c(C)c1)[C@@H](C)O. The van der Waals surface area contributed by atoms with E-state index in [4.69, 9.17) is 4.74 Å². The molecule has 19 heavy (non-hydrogen) atoms. The third-order valence-corrected chi connectivity index (χ3v) is 2.96. The summed E-state index contributed by atoms with van der Waals surface area (Å²) in [5, 5.41) is 9.83. The van der Waals surface area contributed by atoms with Crippen LogP contribution in [0.1, 0.15) is 24.0 Å². The van der Waals surface area contributed by atoms with Crippen molar-refractivity contribution < 1.29 is 19.4 Å². The molecule has 1 N–H and O–H groups in total. The van der Waals surface area contributed by atoms with Crippen LogP contribution >= 0.6 is 0 Å². The highest BCUT2D eigenvalue weighted by Gasteiger charge is 2.15. The van der Waals surface area contributed by atoms with Crippen molar-refractivity contribution in [1.82, 2.24) is 0 Å². The fraction of sp³-hybridized carbons (Fsp3) is 0.400. The van der Waals surface area contributed by atoms with Crippen LogP contribution in [0.2, 0.25) is 0 Å². The number of aryl methyl sites for hydroxylation is 1. The minimum atomic E-state index is -0.603. The van der Waals surface area contributed by atoms with Crippen molar-refractivity contribution in [3.8, 4) is 5.75 Å². The number of ether oxygens (including phenoxy) is 2. The zero-order valence-electron chi connectivity index (χ0n) is 11.7. The average molecular weight is 264 g/mol. The molecule has 0 aliphatic carbocycles. The van der Waals surface area contributed by atoms with Gasteiger partial charge < -0.3 is 14.6 Å². The molecule has 0 amide bonds. The summed E-state index contributed by atoms with van der Waals surface area (Å²) in [4.78, 5) is 11.1. The predicted molar refractivity (Wildman–Crippen MR) is 73.3 cm³/mol. The van der Waals surface area contributed by atoms with Gasteiger partial charge in [0.2, 0.25) is 0 Å². The van der Waals surface area contributed by atoms with E-state index in [1.807, 2.05) is 25.1 Å². The van der Waals surface area contributed by atoms with Gasteiger partial charge in [-0.2, -0.15) is 0 Å². The van der Waals surface area contributed by atoms with Gasteiger partial charge in [-0.3, -0.25) is 0 Å². The molecule has 1 aromatic carbocycles. The fourth-order valence-corrected chi connectivity index (χ4v) is 1.91. The van der Waals surface area contributed by atoms with Crippen molar-refractivity contribution in [2.24, 2.45) is 0 Å². The summed E-state index contributed by atoms with van der Waals surface area (Å²) >= 11 is 0. The van der Waals surface area contributed by atoms with Gasteiger partial charge >= 0.3 is 5.97 Å². The zero-order chi connectivity index (χ0) is 14.4. The van der Waals surface area contributed by atoms with Gasteiger partial charge in [0.05, 0.1) is 20.3 Å². The lowest BCUT2D eigenvalue weighted by Crippen LogP contribution is -2.13. The Kier molecular flexibility index (Phi) is 5.57. The van der Waals surface area contributed by atoms with Crippen LogP contribution in [0.15, 0.2) is 30.4 Å². The zero-order valence-corrected chi connectivity index (χ0v) is 11.7. The summed E-state index contributed by atoms with van der Waals surface area (Å²) in [5.74, 6) is 0.102. The van der Waals surface area contributed by atoms with Gasteiger partial charge in [-0.25, -0.2) is 4.79 Å². The maximum Gasteiger partial charge on any atom is 0.330 e. The molecular formula is C15H20O4. The van der Waals surface area contributed by atoms with Crippen molar-refractivity contribution in [3.63, 3.8) is 0 Å². The van der Waals surface area contributed by atoms with E-state index < -0.39 is 12.1 Å². The molecule has 4 nitrogen and oxygen atoms in total. The quantitative estimate of drug-likeness (QED) is 0.654. The number of benzene rings is 1. The van der Waals surface area contributed by atoms with Crippen molar-refractivity contribution in [3.05, 3.63) is 41.5 Å². The number of rotatable bonds is 5. The number of carbonyl (C=O) groups excluding carboxylic acids is 1. The first-order valence-electron chi connectivity index (χ1n) is 6.08. The molecule has 0 aromatic heterocycles. The summed E-state index contributed by atoms with van der Waals surface area (Å²) in [6, 6.07) is 5.68. The molecule has 2 atom stereocenters. The second kappa shape index (κ2) is 6.95. The summed E-state index contributed by atoms with van der Waals surface area (Å²) in [6.45, 7) is 3.62. The number of methoxy groups -OCH3 is 2. The summed E-state index contributed by atoms with van der Waals surface area (Å²) < 4.78 is 9.75. The monoisotopic (exact) mass is 264 g/mol. The van der Waals surface area contributed by atoms with Crippen LogP contribution in [0.3, 0.4) is 0 Å². The smallest absolute Gasteiger partial charge is 0.330 e. The Bertz CT molecular complexity index is 463. The predicted octanol–water partition coefficient (Wildman–Crippen LogP) is 2.20. The summed E-state index contributed by atoms with van der Waals surface area (Å²) in [5.41, 5.74) is 1.91. The lowest BCUT2D eigenvalue weighted by molar-refractivity contribution is -0.134. The average Bonchev–Trinajstić information content (AvgIpc) is 2.38. The highest BCUT2D eigenvalue weighted by Crippen LogP contribution is 2.26. The van der Waals surface area contributed by atoms with Crippen molar-refractivity contribution in [2.75, 3.05) is 14.2 Å². The Hall–Kier alpha value is -1.81. The van der Waals surface area contributed by atoms with Crippen LogP contribution in [-0.4, -0.2) is 31.4 Å². The topological polar surface area (TPSA) is 55.8 Å². The first-order chi connectivity index (χ1) is 8.99. The van der Waals surface area contributed by atoms with Crippen molar-refractivity contribution in [1.29, 1.82) is 0 Å². The lowest BCUT2D eigenvalue weighted by atomic mass is 9.92. The Labute approximate surface area is 113 Å². The maximum atomic E-state index is 11.1. The highest BCUT2D eigenvalue weighted by atomic mass is 16.5. The standard InChI is InChI=1S/C15H20O4/c1-10-9-12(5-7-14(10)18-3)13(11(2)16)6-8-15(17)19-4/h5-9,11,13,16H,1-4H3/b8-6+/t11-,13+/m1/s1. The molecule has 0 radical (unpaired) electrons. The van der Waals surface area contributed by atoms with E-state index in [1.54, 1.807) is 20.1 Å². The van der Waals surface area contributed by atoms with Crippen LogP contribution in [-0.2, 0) is 9.53 Å². The number of aliphatic hydroxyl groups is 1. The Morgan fingerprint density at radius 2 is 2.05 bits per heavy atom. The first kappa shape index (κ1) is 15.2. The molecule has 0 saturated heterocycles. The molecule has 0 aliphatic heterocycles. The molecule has 0 spiro atoms. The molecule has 104 valence electrons. The number of carbonyl (C=O) groups is 1. The number of aliphatic hydroxyl groups excluding tert-OH is 1. The van der Waals surface area contributed by atoms with E-state index in [2.05, 4.69) is 4.74 Å². The fourth-order valence-electron chi connectivity index (χ4n) is 1.91. The van der Waals surface area contributed by atoms with Crippen LogP contribution < -0.4 is 4.74 Å². The molecule has 0 bridgehead atoms. The molecule has 0 unspecified atom stereocenters. The molecule has 0 saturated carbocycles. The van der Waals surface area contributed by atoms with Gasteiger partial charge in [-0.1, -0.05) is 18.2 Å². The largest absolute Gasteiger partial charge is 0.496 e. The number of esters is 1. The first-order valence-corrected chi connectivity index (χ1v) is 6.08. The second-order valence-electron chi connectivity index (χ2n) is 4.38. The summed E-state index contributed by atoms with van der Waals surface area (Å²) in [7, 11) is 2.94. The highest BCUT2D eigenvalue weighted by molar-refractivity contribution is 5.81. The molecule has 1 rings (SSSR count). The van der Waals surface area contributed by atoms with E-state index in [0.29, 0.717) is 0 Å².